The molecule has 1 fully saturated rings. The molecule has 1 aliphatic rings. The van der Waals surface area contributed by atoms with Gasteiger partial charge in [-0.05, 0) is 25.3 Å². The van der Waals surface area contributed by atoms with Crippen LogP contribution in [0.2, 0.25) is 10.0 Å². The summed E-state index contributed by atoms with van der Waals surface area (Å²) in [6.07, 6.45) is 1.76. The summed E-state index contributed by atoms with van der Waals surface area (Å²) in [5, 5.41) is 10.9. The van der Waals surface area contributed by atoms with Gasteiger partial charge in [-0.1, -0.05) is 23.2 Å². The maximum absolute atomic E-state index is 10.6. The van der Waals surface area contributed by atoms with Gasteiger partial charge in [0.1, 0.15) is 0 Å². The van der Waals surface area contributed by atoms with E-state index in [0.717, 1.165) is 12.8 Å². The minimum absolute atomic E-state index is 0.0370. The molecule has 0 aliphatic heterocycles. The van der Waals surface area contributed by atoms with Gasteiger partial charge >= 0.3 is 0 Å². The van der Waals surface area contributed by atoms with E-state index in [4.69, 9.17) is 33.7 Å². The molecule has 0 atom stereocenters. The molecule has 18 heavy (non-hydrogen) atoms. The quantitative estimate of drug-likeness (QED) is 0.683. The number of nitrogens with two attached hydrogens (primary N) is 1. The molecule has 2 rings (SSSR count). The second-order valence-corrected chi connectivity index (χ2v) is 5.12. The van der Waals surface area contributed by atoms with Crippen LogP contribution >= 0.6 is 23.2 Å². The van der Waals surface area contributed by atoms with Gasteiger partial charge in [0.2, 0.25) is 0 Å². The molecular weight excluding hydrogens is 279 g/mol. The van der Waals surface area contributed by atoms with E-state index in [2.05, 4.69) is 0 Å². The number of halogens is 2. The lowest BCUT2D eigenvalue weighted by Crippen LogP contribution is -2.37. The maximum atomic E-state index is 10.6. The lowest BCUT2D eigenvalue weighted by molar-refractivity contribution is -0.384. The number of hydrogen-bond donors (Lipinski definition) is 1. The molecule has 0 spiro atoms. The first-order valence-corrected chi connectivity index (χ1v) is 6.27. The van der Waals surface area contributed by atoms with Crippen LogP contribution in [0.15, 0.2) is 12.1 Å². The van der Waals surface area contributed by atoms with Crippen molar-refractivity contribution in [3.05, 3.63) is 32.3 Å². The second kappa shape index (κ2) is 5.30. The van der Waals surface area contributed by atoms with Crippen molar-refractivity contribution in [2.75, 3.05) is 6.54 Å². The Kier molecular flexibility index (Phi) is 3.94. The molecule has 0 bridgehead atoms. The number of hydrogen-bond acceptors (Lipinski definition) is 4. The van der Waals surface area contributed by atoms with E-state index in [1.165, 1.54) is 12.1 Å². The maximum Gasteiger partial charge on any atom is 0.272 e. The summed E-state index contributed by atoms with van der Waals surface area (Å²) >= 11 is 11.9. The lowest BCUT2D eigenvalue weighted by atomic mass is 9.82. The van der Waals surface area contributed by atoms with Crippen LogP contribution in [0.5, 0.6) is 5.75 Å². The van der Waals surface area contributed by atoms with Crippen LogP contribution in [-0.4, -0.2) is 17.6 Å². The fraction of sp³-hybridized carbons (Fsp3) is 0.455. The first-order valence-electron chi connectivity index (χ1n) is 5.51. The van der Waals surface area contributed by atoms with E-state index in [0.29, 0.717) is 18.2 Å². The number of ether oxygens (including phenoxy) is 1. The Morgan fingerprint density at radius 2 is 1.94 bits per heavy atom. The van der Waals surface area contributed by atoms with Crippen LogP contribution in [0.3, 0.4) is 0 Å². The molecule has 1 aromatic carbocycles. The number of rotatable bonds is 4. The first kappa shape index (κ1) is 13.4. The summed E-state index contributed by atoms with van der Waals surface area (Å²) in [7, 11) is 0. The summed E-state index contributed by atoms with van der Waals surface area (Å²) in [5.41, 5.74) is 5.37. The van der Waals surface area contributed by atoms with Gasteiger partial charge < -0.3 is 10.5 Å². The fourth-order valence-corrected chi connectivity index (χ4v) is 2.46. The van der Waals surface area contributed by atoms with E-state index in [1.54, 1.807) is 0 Å². The minimum Gasteiger partial charge on any atom is -0.487 e. The molecular formula is C11H12Cl2N2O3. The highest BCUT2D eigenvalue weighted by molar-refractivity contribution is 6.37. The molecule has 0 amide bonds. The Labute approximate surface area is 114 Å². The van der Waals surface area contributed by atoms with E-state index in [1.807, 2.05) is 0 Å². The zero-order valence-corrected chi connectivity index (χ0v) is 10.9. The van der Waals surface area contributed by atoms with Gasteiger partial charge in [0, 0.05) is 12.1 Å². The molecule has 7 heteroatoms. The molecule has 98 valence electrons. The normalized spacial score (nSPS) is 22.4. The Balaban J connectivity index is 2.12. The van der Waals surface area contributed by atoms with Crippen molar-refractivity contribution in [3.8, 4) is 5.75 Å². The first-order chi connectivity index (χ1) is 8.51. The van der Waals surface area contributed by atoms with Crippen molar-refractivity contribution in [2.45, 2.75) is 18.9 Å². The standard InChI is InChI=1S/C11H12Cl2N2O3/c12-9-3-7(15(16)17)4-10(13)11(9)18-8-1-6(2-8)5-14/h3-4,6,8H,1-2,5,14H2. The fourth-order valence-electron chi connectivity index (χ4n) is 1.89. The van der Waals surface area contributed by atoms with Gasteiger partial charge in [0.15, 0.2) is 5.75 Å². The minimum atomic E-state index is -0.546. The highest BCUT2D eigenvalue weighted by Crippen LogP contribution is 2.40. The molecule has 0 unspecified atom stereocenters. The van der Waals surface area contributed by atoms with Crippen molar-refractivity contribution >= 4 is 28.9 Å². The molecule has 5 nitrogen and oxygen atoms in total. The summed E-state index contributed by atoms with van der Waals surface area (Å²) in [4.78, 5) is 10.1. The number of nitro benzene ring substituents is 1. The van der Waals surface area contributed by atoms with Gasteiger partial charge in [-0.15, -0.1) is 0 Å². The zero-order valence-electron chi connectivity index (χ0n) is 9.44. The smallest absolute Gasteiger partial charge is 0.272 e. The largest absolute Gasteiger partial charge is 0.487 e. The van der Waals surface area contributed by atoms with Crippen LogP contribution in [-0.2, 0) is 0 Å². The number of non-ortho nitro benzene ring substituents is 1. The summed E-state index contributed by atoms with van der Waals surface area (Å²) in [6, 6.07) is 2.48. The number of benzene rings is 1. The van der Waals surface area contributed by atoms with Crippen LogP contribution in [0.25, 0.3) is 0 Å². The van der Waals surface area contributed by atoms with Crippen molar-refractivity contribution < 1.29 is 9.66 Å². The summed E-state index contributed by atoms with van der Waals surface area (Å²) < 4.78 is 5.64. The van der Waals surface area contributed by atoms with Gasteiger partial charge in [0.05, 0.1) is 21.1 Å². The summed E-state index contributed by atoms with van der Waals surface area (Å²) in [5.74, 6) is 0.787. The average molecular weight is 291 g/mol. The van der Waals surface area contributed by atoms with Crippen molar-refractivity contribution in [3.63, 3.8) is 0 Å². The Hall–Kier alpha value is -1.04. The van der Waals surface area contributed by atoms with Crippen LogP contribution < -0.4 is 10.5 Å². The third kappa shape index (κ3) is 2.68. The summed E-state index contributed by atoms with van der Waals surface area (Å²) in [6.45, 7) is 0.640. The predicted octanol–water partition coefficient (Wildman–Crippen LogP) is 3.02. The van der Waals surface area contributed by atoms with Crippen molar-refractivity contribution in [1.29, 1.82) is 0 Å². The van der Waals surface area contributed by atoms with Crippen molar-refractivity contribution in [2.24, 2.45) is 11.7 Å². The molecule has 0 radical (unpaired) electrons. The predicted molar refractivity (Wildman–Crippen MR) is 69.3 cm³/mol. The highest BCUT2D eigenvalue weighted by Gasteiger charge is 2.31. The van der Waals surface area contributed by atoms with Gasteiger partial charge in [-0.3, -0.25) is 10.1 Å². The molecule has 0 aromatic heterocycles. The van der Waals surface area contributed by atoms with E-state index in [-0.39, 0.29) is 21.8 Å². The van der Waals surface area contributed by atoms with Gasteiger partial charge in [-0.2, -0.15) is 0 Å². The number of nitro groups is 1. The Bertz CT molecular complexity index is 452. The molecule has 1 aliphatic carbocycles. The van der Waals surface area contributed by atoms with Gasteiger partial charge in [-0.25, -0.2) is 0 Å². The third-order valence-electron chi connectivity index (χ3n) is 3.00. The van der Waals surface area contributed by atoms with Crippen LogP contribution in [0.4, 0.5) is 5.69 Å². The monoisotopic (exact) mass is 290 g/mol. The Morgan fingerprint density at radius 1 is 1.39 bits per heavy atom. The van der Waals surface area contributed by atoms with Gasteiger partial charge in [0.25, 0.3) is 5.69 Å². The van der Waals surface area contributed by atoms with Crippen LogP contribution in [0, 0.1) is 16.0 Å². The second-order valence-electron chi connectivity index (χ2n) is 4.31. The number of nitrogens with zero attached hydrogens (tertiary/aromatic N) is 1. The molecule has 0 heterocycles. The zero-order chi connectivity index (χ0) is 13.3. The lowest BCUT2D eigenvalue weighted by Gasteiger charge is -2.34. The third-order valence-corrected chi connectivity index (χ3v) is 3.57. The highest BCUT2D eigenvalue weighted by atomic mass is 35.5. The van der Waals surface area contributed by atoms with E-state index in [9.17, 15) is 10.1 Å². The molecule has 1 aromatic rings. The van der Waals surface area contributed by atoms with E-state index >= 15 is 0 Å². The molecule has 1 saturated carbocycles. The average Bonchev–Trinajstić information content (AvgIpc) is 2.25. The Morgan fingerprint density at radius 3 is 2.39 bits per heavy atom. The van der Waals surface area contributed by atoms with E-state index < -0.39 is 4.92 Å². The van der Waals surface area contributed by atoms with Crippen LogP contribution in [0.1, 0.15) is 12.8 Å². The molecule has 0 saturated heterocycles. The molecule has 2 N–H and O–H groups in total. The van der Waals surface area contributed by atoms with Crippen molar-refractivity contribution in [1.82, 2.24) is 0 Å². The topological polar surface area (TPSA) is 78.4 Å². The SMILES string of the molecule is NCC1CC(Oc2c(Cl)cc([N+](=O)[O-])cc2Cl)C1.